The number of methoxy groups -OCH3 is 1. The fraction of sp³-hybridized carbons (Fsp3) is 0.300. The molecule has 0 aliphatic carbocycles. The molecule has 2 atom stereocenters. The molecule has 0 spiro atoms. The Morgan fingerprint density at radius 3 is 2.54 bits per heavy atom. The van der Waals surface area contributed by atoms with Gasteiger partial charge in [0.05, 0.1) is 13.2 Å². The topological polar surface area (TPSA) is 45.5 Å². The van der Waals surface area contributed by atoms with Crippen LogP contribution < -0.4 is 4.74 Å². The molecule has 3 heteroatoms. The number of rotatable bonds is 2. The molecule has 1 aliphatic heterocycles. The molecule has 1 fully saturated rings. The average Bonchev–Trinajstić information content (AvgIpc) is 2.97. The molecule has 66 valence electrons. The minimum absolute atomic E-state index is 0.0316. The molecule has 2 rings (SSSR count). The van der Waals surface area contributed by atoms with E-state index in [9.17, 15) is 0 Å². The molecule has 1 heterocycles. The van der Waals surface area contributed by atoms with Crippen LogP contribution in [0.3, 0.4) is 0 Å². The summed E-state index contributed by atoms with van der Waals surface area (Å²) in [5.41, 5.74) is 1.03. The zero-order valence-corrected chi connectivity index (χ0v) is 7.23. The molecular formula is C10H9NO2. The number of ether oxygens (including phenoxy) is 2. The lowest BCUT2D eigenvalue weighted by atomic mass is 10.1. The van der Waals surface area contributed by atoms with Crippen LogP contribution in [0.4, 0.5) is 0 Å². The molecule has 0 N–H and O–H groups in total. The van der Waals surface area contributed by atoms with Gasteiger partial charge in [-0.1, -0.05) is 12.1 Å². The van der Waals surface area contributed by atoms with Crippen LogP contribution >= 0.6 is 0 Å². The molecule has 0 unspecified atom stereocenters. The van der Waals surface area contributed by atoms with Crippen molar-refractivity contribution in [2.45, 2.75) is 12.2 Å². The summed E-state index contributed by atoms with van der Waals surface area (Å²) in [6.07, 6.45) is -0.288. The number of nitrogens with zero attached hydrogens (tertiary/aromatic N) is 1. The molecule has 0 amide bonds. The van der Waals surface area contributed by atoms with Gasteiger partial charge in [-0.3, -0.25) is 0 Å². The minimum atomic E-state index is -0.256. The monoisotopic (exact) mass is 175 g/mol. The quantitative estimate of drug-likeness (QED) is 0.642. The van der Waals surface area contributed by atoms with E-state index in [1.54, 1.807) is 7.11 Å². The van der Waals surface area contributed by atoms with Crippen LogP contribution in [0.25, 0.3) is 0 Å². The smallest absolute Gasteiger partial charge is 0.175 e. The lowest BCUT2D eigenvalue weighted by Gasteiger charge is -1.99. The fourth-order valence-corrected chi connectivity index (χ4v) is 1.26. The van der Waals surface area contributed by atoms with Crippen LogP contribution in [0.5, 0.6) is 5.75 Å². The number of nitriles is 1. The van der Waals surface area contributed by atoms with Crippen molar-refractivity contribution in [3.05, 3.63) is 29.8 Å². The van der Waals surface area contributed by atoms with Crippen LogP contribution in [0, 0.1) is 11.3 Å². The predicted octanol–water partition coefficient (Wildman–Crippen LogP) is 1.66. The SMILES string of the molecule is COc1ccc([C@@H]2O[C@H]2C#N)cc1. The van der Waals surface area contributed by atoms with Crippen molar-refractivity contribution in [3.63, 3.8) is 0 Å². The van der Waals surface area contributed by atoms with Crippen molar-refractivity contribution < 1.29 is 9.47 Å². The lowest BCUT2D eigenvalue weighted by Crippen LogP contribution is -1.86. The summed E-state index contributed by atoms with van der Waals surface area (Å²) < 4.78 is 10.1. The Bertz CT molecular complexity index is 339. The third-order valence-electron chi connectivity index (χ3n) is 2.06. The van der Waals surface area contributed by atoms with Gasteiger partial charge < -0.3 is 9.47 Å². The maximum atomic E-state index is 8.54. The number of hydrogen-bond acceptors (Lipinski definition) is 3. The molecule has 3 nitrogen and oxygen atoms in total. The summed E-state index contributed by atoms with van der Waals surface area (Å²) in [5, 5.41) is 8.54. The van der Waals surface area contributed by atoms with Crippen LogP contribution in [-0.4, -0.2) is 13.2 Å². The molecule has 1 aliphatic rings. The maximum absolute atomic E-state index is 8.54. The van der Waals surface area contributed by atoms with E-state index in [1.165, 1.54) is 0 Å². The summed E-state index contributed by atoms with van der Waals surface area (Å²) >= 11 is 0. The van der Waals surface area contributed by atoms with E-state index in [4.69, 9.17) is 14.7 Å². The first kappa shape index (κ1) is 8.09. The van der Waals surface area contributed by atoms with Crippen LogP contribution in [0.15, 0.2) is 24.3 Å². The molecule has 0 saturated carbocycles. The van der Waals surface area contributed by atoms with Gasteiger partial charge in [0.2, 0.25) is 0 Å². The summed E-state index contributed by atoms with van der Waals surface area (Å²) in [7, 11) is 1.63. The van der Waals surface area contributed by atoms with Gasteiger partial charge in [0.15, 0.2) is 6.10 Å². The van der Waals surface area contributed by atoms with Crippen molar-refractivity contribution in [2.75, 3.05) is 7.11 Å². The second-order valence-electron chi connectivity index (χ2n) is 2.88. The Kier molecular flexibility index (Phi) is 1.91. The highest BCUT2D eigenvalue weighted by Crippen LogP contribution is 2.38. The van der Waals surface area contributed by atoms with E-state index in [2.05, 4.69) is 6.07 Å². The van der Waals surface area contributed by atoms with Crippen LogP contribution in [0.2, 0.25) is 0 Å². The van der Waals surface area contributed by atoms with E-state index in [-0.39, 0.29) is 12.2 Å². The second kappa shape index (κ2) is 3.08. The maximum Gasteiger partial charge on any atom is 0.175 e. The Hall–Kier alpha value is -1.53. The largest absolute Gasteiger partial charge is 0.497 e. The number of epoxide rings is 1. The molecule has 1 aromatic rings. The van der Waals surface area contributed by atoms with Crippen LogP contribution in [0.1, 0.15) is 11.7 Å². The molecule has 1 saturated heterocycles. The highest BCUT2D eigenvalue weighted by atomic mass is 16.6. The van der Waals surface area contributed by atoms with Gasteiger partial charge in [-0.05, 0) is 17.7 Å². The minimum Gasteiger partial charge on any atom is -0.497 e. The summed E-state index contributed by atoms with van der Waals surface area (Å²) in [5.74, 6) is 0.818. The van der Waals surface area contributed by atoms with E-state index >= 15 is 0 Å². The Morgan fingerprint density at radius 1 is 1.38 bits per heavy atom. The van der Waals surface area contributed by atoms with Crippen LogP contribution in [-0.2, 0) is 4.74 Å². The highest BCUT2D eigenvalue weighted by molar-refractivity contribution is 5.32. The van der Waals surface area contributed by atoms with Crippen molar-refractivity contribution in [2.24, 2.45) is 0 Å². The van der Waals surface area contributed by atoms with Gasteiger partial charge in [0, 0.05) is 0 Å². The van der Waals surface area contributed by atoms with Gasteiger partial charge in [-0.2, -0.15) is 5.26 Å². The number of hydrogen-bond donors (Lipinski definition) is 0. The van der Waals surface area contributed by atoms with Gasteiger partial charge >= 0.3 is 0 Å². The Balaban J connectivity index is 2.12. The summed E-state index contributed by atoms with van der Waals surface area (Å²) in [6.45, 7) is 0. The first-order chi connectivity index (χ1) is 6.35. The van der Waals surface area contributed by atoms with Gasteiger partial charge in [-0.15, -0.1) is 0 Å². The third kappa shape index (κ3) is 1.49. The molecule has 0 radical (unpaired) electrons. The fourth-order valence-electron chi connectivity index (χ4n) is 1.26. The van der Waals surface area contributed by atoms with Crippen molar-refractivity contribution in [3.8, 4) is 11.8 Å². The zero-order valence-electron chi connectivity index (χ0n) is 7.23. The molecule has 0 bridgehead atoms. The summed E-state index contributed by atoms with van der Waals surface area (Å²) in [6, 6.07) is 9.63. The van der Waals surface area contributed by atoms with E-state index in [0.29, 0.717) is 0 Å². The highest BCUT2D eigenvalue weighted by Gasteiger charge is 2.40. The van der Waals surface area contributed by atoms with Gasteiger partial charge in [-0.25, -0.2) is 0 Å². The Morgan fingerprint density at radius 2 is 2.08 bits per heavy atom. The average molecular weight is 175 g/mol. The van der Waals surface area contributed by atoms with Gasteiger partial charge in [0.25, 0.3) is 0 Å². The standard InChI is InChI=1S/C10H9NO2/c1-12-8-4-2-7(3-5-8)10-9(6-11)13-10/h2-5,9-10H,1H3/t9-,10-/m0/s1. The molecular weight excluding hydrogens is 166 g/mol. The van der Waals surface area contributed by atoms with Gasteiger partial charge in [0.1, 0.15) is 11.9 Å². The third-order valence-corrected chi connectivity index (χ3v) is 2.06. The molecule has 0 aromatic heterocycles. The van der Waals surface area contributed by atoms with E-state index in [1.807, 2.05) is 24.3 Å². The van der Waals surface area contributed by atoms with Crippen molar-refractivity contribution in [1.82, 2.24) is 0 Å². The van der Waals surface area contributed by atoms with E-state index < -0.39 is 0 Å². The first-order valence-corrected chi connectivity index (χ1v) is 4.04. The molecule has 13 heavy (non-hydrogen) atoms. The first-order valence-electron chi connectivity index (χ1n) is 4.04. The summed E-state index contributed by atoms with van der Waals surface area (Å²) in [4.78, 5) is 0. The number of benzene rings is 1. The normalized spacial score (nSPS) is 24.9. The zero-order chi connectivity index (χ0) is 9.26. The molecule has 1 aromatic carbocycles. The Labute approximate surface area is 76.5 Å². The second-order valence-corrected chi connectivity index (χ2v) is 2.88. The van der Waals surface area contributed by atoms with E-state index in [0.717, 1.165) is 11.3 Å². The predicted molar refractivity (Wildman–Crippen MR) is 46.2 cm³/mol. The lowest BCUT2D eigenvalue weighted by molar-refractivity contribution is 0.395. The van der Waals surface area contributed by atoms with Crippen molar-refractivity contribution in [1.29, 1.82) is 5.26 Å². The van der Waals surface area contributed by atoms with Crippen molar-refractivity contribution >= 4 is 0 Å².